The maximum atomic E-state index is 12.7. The number of likely N-dealkylation sites (tertiary alicyclic amines) is 1. The zero-order chi connectivity index (χ0) is 19.1. The zero-order valence-electron chi connectivity index (χ0n) is 14.2. The average molecular weight is 375 g/mol. The lowest BCUT2D eigenvalue weighted by Gasteiger charge is -2.22. The van der Waals surface area contributed by atoms with Gasteiger partial charge in [-0.3, -0.25) is 9.78 Å². The minimum Gasteiger partial charge on any atom is -0.387 e. The van der Waals surface area contributed by atoms with Gasteiger partial charge in [0.05, 0.1) is 17.8 Å². The number of hydrogen-bond acceptors (Lipinski definition) is 4. The van der Waals surface area contributed by atoms with Crippen LogP contribution in [0.4, 0.5) is 13.2 Å². The third-order valence-electron chi connectivity index (χ3n) is 4.90. The lowest BCUT2D eigenvalue weighted by molar-refractivity contribution is -0.137. The van der Waals surface area contributed by atoms with Crippen LogP contribution in [0.5, 0.6) is 0 Å². The van der Waals surface area contributed by atoms with Crippen LogP contribution < -0.4 is 0 Å². The number of pyridine rings is 1. The van der Waals surface area contributed by atoms with Crippen molar-refractivity contribution >= 4 is 11.6 Å². The Morgan fingerprint density at radius 2 is 1.96 bits per heavy atom. The number of alkyl halides is 3. The molecule has 27 heavy (non-hydrogen) atoms. The summed E-state index contributed by atoms with van der Waals surface area (Å²) in [6.45, 7) is 0.815. The fourth-order valence-corrected chi connectivity index (χ4v) is 3.43. The number of hydrogen-bond donors (Lipinski definition) is 0. The molecule has 1 atom stereocenters. The molecule has 0 bridgehead atoms. The summed E-state index contributed by atoms with van der Waals surface area (Å²) in [5.74, 6) is -0.306. The first-order chi connectivity index (χ1) is 12.9. The molecular weight excluding hydrogens is 359 g/mol. The van der Waals surface area contributed by atoms with Gasteiger partial charge in [0, 0.05) is 42.9 Å². The highest BCUT2D eigenvalue weighted by Crippen LogP contribution is 2.36. The largest absolute Gasteiger partial charge is 0.416 e. The zero-order valence-corrected chi connectivity index (χ0v) is 14.2. The molecule has 1 unspecified atom stereocenters. The second kappa shape index (κ2) is 6.37. The van der Waals surface area contributed by atoms with E-state index in [0.717, 1.165) is 23.4 Å². The van der Waals surface area contributed by atoms with Crippen molar-refractivity contribution in [1.29, 1.82) is 0 Å². The molecule has 0 N–H and O–H groups in total. The van der Waals surface area contributed by atoms with Crippen LogP contribution in [0.1, 0.15) is 34.3 Å². The number of amides is 1. The van der Waals surface area contributed by atoms with E-state index in [0.29, 0.717) is 25.9 Å². The van der Waals surface area contributed by atoms with Crippen LogP contribution in [0.2, 0.25) is 0 Å². The Hall–Kier alpha value is -2.90. The Labute approximate surface area is 153 Å². The molecule has 8 heteroatoms. The summed E-state index contributed by atoms with van der Waals surface area (Å²) in [6, 6.07) is 7.99. The van der Waals surface area contributed by atoms with Gasteiger partial charge in [-0.15, -0.1) is 0 Å². The molecule has 1 fully saturated rings. The molecule has 1 saturated heterocycles. The van der Waals surface area contributed by atoms with E-state index in [1.807, 2.05) is 12.1 Å². The Morgan fingerprint density at radius 1 is 1.19 bits per heavy atom. The van der Waals surface area contributed by atoms with E-state index in [2.05, 4.69) is 10.1 Å². The predicted molar refractivity (Wildman–Crippen MR) is 91.2 cm³/mol. The summed E-state index contributed by atoms with van der Waals surface area (Å²) in [5, 5.41) is 4.16. The Balaban J connectivity index is 1.43. The standard InChI is InChI=1S/C19H16F3N3O2/c20-19(21,22)15-5-3-13(4-6-15)17(26)25-9-7-18(12-25)10-16(24-27-18)14-2-1-8-23-11-14/h1-6,8,11H,7,9-10,12H2. The fourth-order valence-electron chi connectivity index (χ4n) is 3.43. The van der Waals surface area contributed by atoms with Crippen LogP contribution in [-0.2, 0) is 11.0 Å². The molecule has 1 aromatic carbocycles. The van der Waals surface area contributed by atoms with E-state index in [-0.39, 0.29) is 11.5 Å². The number of aromatic nitrogens is 1. The first-order valence-electron chi connectivity index (χ1n) is 8.48. The van der Waals surface area contributed by atoms with Gasteiger partial charge in [-0.25, -0.2) is 0 Å². The second-order valence-corrected chi connectivity index (χ2v) is 6.78. The molecule has 5 nitrogen and oxygen atoms in total. The number of rotatable bonds is 2. The maximum Gasteiger partial charge on any atom is 0.416 e. The topological polar surface area (TPSA) is 54.8 Å². The number of carbonyl (C=O) groups is 1. The van der Waals surface area contributed by atoms with Gasteiger partial charge in [0.15, 0.2) is 5.60 Å². The molecule has 2 aromatic rings. The lowest BCUT2D eigenvalue weighted by atomic mass is 9.94. The molecule has 1 amide bonds. The van der Waals surface area contributed by atoms with Gasteiger partial charge in [-0.05, 0) is 36.4 Å². The number of nitrogens with zero attached hydrogens (tertiary/aromatic N) is 3. The third kappa shape index (κ3) is 3.39. The minimum absolute atomic E-state index is 0.228. The highest BCUT2D eigenvalue weighted by molar-refractivity contribution is 6.01. The van der Waals surface area contributed by atoms with Crippen LogP contribution in [0.3, 0.4) is 0 Å². The van der Waals surface area contributed by atoms with Crippen LogP contribution in [0.15, 0.2) is 53.9 Å². The van der Waals surface area contributed by atoms with Gasteiger partial charge in [0.25, 0.3) is 5.91 Å². The van der Waals surface area contributed by atoms with Crippen molar-refractivity contribution < 1.29 is 22.8 Å². The Kier molecular flexibility index (Phi) is 4.13. The second-order valence-electron chi connectivity index (χ2n) is 6.78. The Morgan fingerprint density at radius 3 is 2.63 bits per heavy atom. The molecular formula is C19H16F3N3O2. The van der Waals surface area contributed by atoms with Crippen LogP contribution in [-0.4, -0.2) is 40.2 Å². The Bertz CT molecular complexity index is 881. The summed E-state index contributed by atoms with van der Waals surface area (Å²) in [4.78, 5) is 24.0. The average Bonchev–Trinajstić information content (AvgIpc) is 3.29. The summed E-state index contributed by atoms with van der Waals surface area (Å²) in [6.07, 6.45) is 0.149. The molecule has 2 aliphatic rings. The number of carbonyl (C=O) groups excluding carboxylic acids is 1. The van der Waals surface area contributed by atoms with Crippen LogP contribution in [0.25, 0.3) is 0 Å². The summed E-state index contributed by atoms with van der Waals surface area (Å²) < 4.78 is 38.0. The predicted octanol–water partition coefficient (Wildman–Crippen LogP) is 3.51. The molecule has 3 heterocycles. The maximum absolute atomic E-state index is 12.7. The smallest absolute Gasteiger partial charge is 0.387 e. The molecule has 4 rings (SSSR count). The van der Waals surface area contributed by atoms with E-state index in [1.165, 1.54) is 12.1 Å². The molecule has 0 radical (unpaired) electrons. The first kappa shape index (κ1) is 17.5. The van der Waals surface area contributed by atoms with Crippen molar-refractivity contribution in [2.75, 3.05) is 13.1 Å². The summed E-state index contributed by atoms with van der Waals surface area (Å²) in [5.41, 5.74) is 0.540. The number of oxime groups is 1. The minimum atomic E-state index is -4.42. The number of halogens is 3. The molecule has 1 aromatic heterocycles. The van der Waals surface area contributed by atoms with Gasteiger partial charge in [0.2, 0.25) is 0 Å². The molecule has 0 aliphatic carbocycles. The van der Waals surface area contributed by atoms with E-state index in [4.69, 9.17) is 4.84 Å². The van der Waals surface area contributed by atoms with Crippen molar-refractivity contribution in [2.45, 2.75) is 24.6 Å². The lowest BCUT2D eigenvalue weighted by Crippen LogP contribution is -2.36. The van der Waals surface area contributed by atoms with Gasteiger partial charge >= 0.3 is 6.18 Å². The van der Waals surface area contributed by atoms with E-state index < -0.39 is 17.3 Å². The normalized spacial score (nSPS) is 22.0. The van der Waals surface area contributed by atoms with Gasteiger partial charge in [0.1, 0.15) is 0 Å². The van der Waals surface area contributed by atoms with E-state index >= 15 is 0 Å². The highest BCUT2D eigenvalue weighted by atomic mass is 19.4. The van der Waals surface area contributed by atoms with Crippen LogP contribution >= 0.6 is 0 Å². The molecule has 2 aliphatic heterocycles. The first-order valence-corrected chi connectivity index (χ1v) is 8.48. The SMILES string of the molecule is O=C(c1ccc(C(F)(F)F)cc1)N1CCC2(CC(c3cccnc3)=NO2)C1. The summed E-state index contributed by atoms with van der Waals surface area (Å²) >= 11 is 0. The van der Waals surface area contributed by atoms with Crippen molar-refractivity contribution in [3.63, 3.8) is 0 Å². The highest BCUT2D eigenvalue weighted by Gasteiger charge is 2.47. The van der Waals surface area contributed by atoms with Crippen molar-refractivity contribution in [3.05, 3.63) is 65.5 Å². The van der Waals surface area contributed by atoms with Crippen molar-refractivity contribution in [3.8, 4) is 0 Å². The monoisotopic (exact) mass is 375 g/mol. The number of benzene rings is 1. The summed E-state index contributed by atoms with van der Waals surface area (Å²) in [7, 11) is 0. The fraction of sp³-hybridized carbons (Fsp3) is 0.316. The van der Waals surface area contributed by atoms with Gasteiger partial charge in [-0.1, -0.05) is 5.16 Å². The van der Waals surface area contributed by atoms with Crippen molar-refractivity contribution in [1.82, 2.24) is 9.88 Å². The quantitative estimate of drug-likeness (QED) is 0.807. The van der Waals surface area contributed by atoms with Gasteiger partial charge in [-0.2, -0.15) is 13.2 Å². The van der Waals surface area contributed by atoms with E-state index in [9.17, 15) is 18.0 Å². The molecule has 0 saturated carbocycles. The van der Waals surface area contributed by atoms with E-state index in [1.54, 1.807) is 17.3 Å². The molecule has 1 spiro atoms. The van der Waals surface area contributed by atoms with Crippen molar-refractivity contribution in [2.24, 2.45) is 5.16 Å². The molecule has 140 valence electrons. The third-order valence-corrected chi connectivity index (χ3v) is 4.90. The van der Waals surface area contributed by atoms with Gasteiger partial charge < -0.3 is 9.74 Å². The van der Waals surface area contributed by atoms with Crippen LogP contribution in [0, 0.1) is 0 Å².